The minimum absolute atomic E-state index is 0.0792. The molecule has 0 saturated heterocycles. The van der Waals surface area contributed by atoms with Gasteiger partial charge in [-0.05, 0) is 26.2 Å². The number of nitrogens with one attached hydrogen (secondary N) is 1. The predicted octanol–water partition coefficient (Wildman–Crippen LogP) is 1.63. The largest absolute Gasteiger partial charge is 0.396 e. The summed E-state index contributed by atoms with van der Waals surface area (Å²) in [7, 11) is 0. The lowest BCUT2D eigenvalue weighted by atomic mass is 9.85. The summed E-state index contributed by atoms with van der Waals surface area (Å²) < 4.78 is 5.41. The quantitative estimate of drug-likeness (QED) is 0.537. The zero-order chi connectivity index (χ0) is 13.4. The summed E-state index contributed by atoms with van der Waals surface area (Å²) in [5.41, 5.74) is 0. The minimum Gasteiger partial charge on any atom is -0.396 e. The van der Waals surface area contributed by atoms with E-state index in [2.05, 4.69) is 11.9 Å². The van der Waals surface area contributed by atoms with Gasteiger partial charge in [-0.15, -0.1) is 6.58 Å². The SMILES string of the molecule is C=CCCOC(C)C(=O)NC1CCCCC1CO. The summed E-state index contributed by atoms with van der Waals surface area (Å²) in [6.45, 7) is 6.04. The van der Waals surface area contributed by atoms with Gasteiger partial charge in [0.1, 0.15) is 6.10 Å². The number of aliphatic hydroxyl groups excluding tert-OH is 1. The van der Waals surface area contributed by atoms with Crippen LogP contribution >= 0.6 is 0 Å². The molecule has 4 heteroatoms. The predicted molar refractivity (Wildman–Crippen MR) is 71.2 cm³/mol. The molecule has 1 aliphatic rings. The fourth-order valence-electron chi connectivity index (χ4n) is 2.32. The highest BCUT2D eigenvalue weighted by atomic mass is 16.5. The molecule has 1 amide bonds. The smallest absolute Gasteiger partial charge is 0.249 e. The number of hydrogen-bond donors (Lipinski definition) is 2. The van der Waals surface area contributed by atoms with Crippen molar-refractivity contribution in [1.29, 1.82) is 0 Å². The van der Waals surface area contributed by atoms with Crippen LogP contribution in [0.2, 0.25) is 0 Å². The van der Waals surface area contributed by atoms with Gasteiger partial charge in [-0.3, -0.25) is 4.79 Å². The maximum Gasteiger partial charge on any atom is 0.249 e. The van der Waals surface area contributed by atoms with Crippen LogP contribution in [0.25, 0.3) is 0 Å². The van der Waals surface area contributed by atoms with Crippen molar-refractivity contribution >= 4 is 5.91 Å². The Morgan fingerprint density at radius 2 is 2.28 bits per heavy atom. The number of hydrogen-bond acceptors (Lipinski definition) is 3. The highest BCUT2D eigenvalue weighted by Gasteiger charge is 2.27. The number of rotatable bonds is 7. The van der Waals surface area contributed by atoms with Crippen molar-refractivity contribution in [2.24, 2.45) is 5.92 Å². The maximum absolute atomic E-state index is 11.9. The van der Waals surface area contributed by atoms with Crippen molar-refractivity contribution in [1.82, 2.24) is 5.32 Å². The Kier molecular flexibility index (Phi) is 6.98. The average molecular weight is 255 g/mol. The van der Waals surface area contributed by atoms with Gasteiger partial charge in [0.05, 0.1) is 6.61 Å². The third kappa shape index (κ3) is 4.78. The van der Waals surface area contributed by atoms with Crippen LogP contribution in [-0.2, 0) is 9.53 Å². The first-order valence-electron chi connectivity index (χ1n) is 6.82. The second kappa shape index (κ2) is 8.27. The topological polar surface area (TPSA) is 58.6 Å². The molecule has 0 bridgehead atoms. The Labute approximate surface area is 109 Å². The molecule has 1 fully saturated rings. The molecular weight excluding hydrogens is 230 g/mol. The van der Waals surface area contributed by atoms with Crippen molar-refractivity contribution in [2.75, 3.05) is 13.2 Å². The molecule has 104 valence electrons. The molecule has 3 unspecified atom stereocenters. The lowest BCUT2D eigenvalue weighted by molar-refractivity contribution is -0.133. The zero-order valence-electron chi connectivity index (χ0n) is 11.2. The second-order valence-electron chi connectivity index (χ2n) is 4.93. The third-order valence-electron chi connectivity index (χ3n) is 3.53. The highest BCUT2D eigenvalue weighted by molar-refractivity contribution is 5.80. The molecule has 0 aromatic carbocycles. The fraction of sp³-hybridized carbons (Fsp3) is 0.786. The molecule has 0 heterocycles. The van der Waals surface area contributed by atoms with E-state index in [1.165, 1.54) is 0 Å². The van der Waals surface area contributed by atoms with Gasteiger partial charge >= 0.3 is 0 Å². The maximum atomic E-state index is 11.9. The molecule has 0 aliphatic heterocycles. The minimum atomic E-state index is -0.439. The van der Waals surface area contributed by atoms with Crippen LogP contribution in [0.3, 0.4) is 0 Å². The van der Waals surface area contributed by atoms with E-state index in [9.17, 15) is 9.90 Å². The molecule has 0 radical (unpaired) electrons. The molecular formula is C14H25NO3. The van der Waals surface area contributed by atoms with E-state index in [0.29, 0.717) is 6.61 Å². The number of amides is 1. The van der Waals surface area contributed by atoms with Crippen LogP contribution in [0.15, 0.2) is 12.7 Å². The number of carbonyl (C=O) groups excluding carboxylic acids is 1. The van der Waals surface area contributed by atoms with E-state index >= 15 is 0 Å². The van der Waals surface area contributed by atoms with Crippen LogP contribution in [0.5, 0.6) is 0 Å². The number of aliphatic hydroxyl groups is 1. The van der Waals surface area contributed by atoms with Gasteiger partial charge in [0.2, 0.25) is 5.91 Å². The molecule has 0 aromatic rings. The molecule has 1 saturated carbocycles. The lowest BCUT2D eigenvalue weighted by Gasteiger charge is -2.31. The van der Waals surface area contributed by atoms with Gasteiger partial charge in [0.15, 0.2) is 0 Å². The van der Waals surface area contributed by atoms with Crippen LogP contribution in [0.1, 0.15) is 39.0 Å². The van der Waals surface area contributed by atoms with E-state index in [1.54, 1.807) is 13.0 Å². The van der Waals surface area contributed by atoms with Gasteiger partial charge in [0.25, 0.3) is 0 Å². The summed E-state index contributed by atoms with van der Waals surface area (Å²) in [4.78, 5) is 11.9. The van der Waals surface area contributed by atoms with Crippen LogP contribution in [-0.4, -0.2) is 36.4 Å². The molecule has 1 rings (SSSR count). The van der Waals surface area contributed by atoms with Crippen molar-refractivity contribution in [3.8, 4) is 0 Å². The summed E-state index contributed by atoms with van der Waals surface area (Å²) >= 11 is 0. The first-order chi connectivity index (χ1) is 8.69. The van der Waals surface area contributed by atoms with Crippen LogP contribution in [0.4, 0.5) is 0 Å². The van der Waals surface area contributed by atoms with Crippen molar-refractivity contribution in [2.45, 2.75) is 51.2 Å². The van der Waals surface area contributed by atoms with E-state index < -0.39 is 6.10 Å². The molecule has 2 N–H and O–H groups in total. The third-order valence-corrected chi connectivity index (χ3v) is 3.53. The van der Waals surface area contributed by atoms with Crippen molar-refractivity contribution in [3.63, 3.8) is 0 Å². The Balaban J connectivity index is 2.34. The molecule has 3 atom stereocenters. The van der Waals surface area contributed by atoms with Crippen LogP contribution < -0.4 is 5.32 Å². The van der Waals surface area contributed by atoms with Gasteiger partial charge in [-0.25, -0.2) is 0 Å². The van der Waals surface area contributed by atoms with Crippen LogP contribution in [0, 0.1) is 5.92 Å². The lowest BCUT2D eigenvalue weighted by Crippen LogP contribution is -2.47. The zero-order valence-corrected chi connectivity index (χ0v) is 11.2. The molecule has 0 aromatic heterocycles. The Hall–Kier alpha value is -0.870. The summed E-state index contributed by atoms with van der Waals surface area (Å²) in [5.74, 6) is 0.118. The fourth-order valence-corrected chi connectivity index (χ4v) is 2.32. The van der Waals surface area contributed by atoms with Gasteiger partial charge < -0.3 is 15.2 Å². The first kappa shape index (κ1) is 15.2. The summed E-state index contributed by atoms with van der Waals surface area (Å²) in [6.07, 6.45) is 6.29. The van der Waals surface area contributed by atoms with E-state index in [4.69, 9.17) is 4.74 Å². The highest BCUT2D eigenvalue weighted by Crippen LogP contribution is 2.24. The summed E-state index contributed by atoms with van der Waals surface area (Å²) in [5, 5.41) is 12.3. The normalized spacial score (nSPS) is 25.4. The van der Waals surface area contributed by atoms with Crippen molar-refractivity contribution in [3.05, 3.63) is 12.7 Å². The van der Waals surface area contributed by atoms with Gasteiger partial charge in [0, 0.05) is 18.6 Å². The standard InChI is InChI=1S/C14H25NO3/c1-3-4-9-18-11(2)14(17)15-13-8-6-5-7-12(13)10-16/h3,11-13,16H,1,4-10H2,2H3,(H,15,17). The van der Waals surface area contributed by atoms with E-state index in [1.807, 2.05) is 0 Å². The molecule has 0 spiro atoms. The Morgan fingerprint density at radius 3 is 2.94 bits per heavy atom. The second-order valence-corrected chi connectivity index (χ2v) is 4.93. The van der Waals surface area contributed by atoms with Gasteiger partial charge in [-0.1, -0.05) is 18.9 Å². The Morgan fingerprint density at radius 1 is 1.56 bits per heavy atom. The Bertz CT molecular complexity index is 268. The average Bonchev–Trinajstić information content (AvgIpc) is 2.39. The number of carbonyl (C=O) groups is 1. The van der Waals surface area contributed by atoms with E-state index in [0.717, 1.165) is 32.1 Å². The summed E-state index contributed by atoms with van der Waals surface area (Å²) in [6, 6.07) is 0.0988. The first-order valence-corrected chi connectivity index (χ1v) is 6.82. The van der Waals surface area contributed by atoms with E-state index in [-0.39, 0.29) is 24.5 Å². The number of ether oxygens (including phenoxy) is 1. The van der Waals surface area contributed by atoms with Gasteiger partial charge in [-0.2, -0.15) is 0 Å². The van der Waals surface area contributed by atoms with Crippen molar-refractivity contribution < 1.29 is 14.6 Å². The molecule has 18 heavy (non-hydrogen) atoms. The monoisotopic (exact) mass is 255 g/mol. The molecule has 1 aliphatic carbocycles. The molecule has 4 nitrogen and oxygen atoms in total.